The number of hydrogen-bond acceptors (Lipinski definition) is 4. The number of aromatic nitrogens is 4. The summed E-state index contributed by atoms with van der Waals surface area (Å²) in [6, 6.07) is 14.6. The summed E-state index contributed by atoms with van der Waals surface area (Å²) in [6.45, 7) is 14.3. The number of aryl methyl sites for hydroxylation is 1. The molecule has 10 heteroatoms. The van der Waals surface area contributed by atoms with Crippen molar-refractivity contribution in [1.29, 1.82) is 0 Å². The number of carbonyl (C=O) groups is 2. The highest BCUT2D eigenvalue weighted by atomic mass is 35.5. The molecule has 2 amide bonds. The highest BCUT2D eigenvalue weighted by molar-refractivity contribution is 6.33. The van der Waals surface area contributed by atoms with Crippen LogP contribution >= 0.6 is 11.6 Å². The molecule has 6 rings (SSSR count). The summed E-state index contributed by atoms with van der Waals surface area (Å²) in [5, 5.41) is 9.65. The molecule has 208 valence electrons. The van der Waals surface area contributed by atoms with E-state index >= 15 is 0 Å². The van der Waals surface area contributed by atoms with E-state index in [9.17, 15) is 9.59 Å². The van der Waals surface area contributed by atoms with E-state index in [0.717, 1.165) is 28.1 Å². The molecule has 0 saturated heterocycles. The Kier molecular flexibility index (Phi) is 6.66. The van der Waals surface area contributed by atoms with Crippen LogP contribution in [0.5, 0.6) is 0 Å². The van der Waals surface area contributed by atoms with Gasteiger partial charge in [-0.1, -0.05) is 48.0 Å². The van der Waals surface area contributed by atoms with E-state index in [2.05, 4.69) is 29.0 Å². The van der Waals surface area contributed by atoms with Crippen LogP contribution in [-0.4, -0.2) is 53.8 Å². The van der Waals surface area contributed by atoms with Crippen LogP contribution in [0.3, 0.4) is 0 Å². The first-order valence-electron chi connectivity index (χ1n) is 13.7. The lowest BCUT2D eigenvalue weighted by molar-refractivity contribution is 0.0574. The molecule has 4 aromatic rings. The minimum absolute atomic E-state index is 0.0134. The first-order chi connectivity index (χ1) is 19.7. The van der Waals surface area contributed by atoms with Gasteiger partial charge in [0.1, 0.15) is 5.69 Å². The molecule has 3 atom stereocenters. The Bertz CT molecular complexity index is 1720. The van der Waals surface area contributed by atoms with E-state index in [-0.39, 0.29) is 42.2 Å². The van der Waals surface area contributed by atoms with Gasteiger partial charge in [-0.3, -0.25) is 19.0 Å². The molecular formula is C31H30ClN7O2. The molecule has 0 spiro atoms. The fourth-order valence-electron chi connectivity index (χ4n) is 5.87. The van der Waals surface area contributed by atoms with Crippen molar-refractivity contribution in [1.82, 2.24) is 29.4 Å². The molecule has 1 unspecified atom stereocenters. The van der Waals surface area contributed by atoms with Gasteiger partial charge in [-0.25, -0.2) is 4.85 Å². The Hall–Kier alpha value is -4.42. The predicted octanol–water partition coefficient (Wildman–Crippen LogP) is 5.85. The van der Waals surface area contributed by atoms with Crippen molar-refractivity contribution in [2.24, 2.45) is 7.05 Å². The fourth-order valence-corrected chi connectivity index (χ4v) is 6.03. The van der Waals surface area contributed by atoms with Gasteiger partial charge < -0.3 is 9.80 Å². The van der Waals surface area contributed by atoms with E-state index in [4.69, 9.17) is 23.3 Å². The second-order valence-corrected chi connectivity index (χ2v) is 11.4. The standard InChI is InChI=1S/C31H30ClN7O2/c1-18-14-27-24(17-37(18)30(40)23-10-11-25(32)28(15-23)33-4)29-31(41)38(16-19(2)39(29)35-27)20(3)21-6-8-22(9-7-21)26-12-13-36(5)34-26/h6-13,15,18-20H,14,16-17H2,1-3,5H3/t18-,19-,20?/m1/s1. The normalized spacial score (nSPS) is 19.0. The molecule has 0 bridgehead atoms. The summed E-state index contributed by atoms with van der Waals surface area (Å²) in [4.78, 5) is 34.7. The van der Waals surface area contributed by atoms with Gasteiger partial charge in [0, 0.05) is 54.0 Å². The topological polar surface area (TPSA) is 80.6 Å². The van der Waals surface area contributed by atoms with E-state index in [1.807, 2.05) is 54.9 Å². The number of carbonyl (C=O) groups excluding carboxylic acids is 2. The summed E-state index contributed by atoms with van der Waals surface area (Å²) in [7, 11) is 1.89. The molecule has 0 N–H and O–H groups in total. The Balaban J connectivity index is 1.28. The third-order valence-corrected chi connectivity index (χ3v) is 8.55. The van der Waals surface area contributed by atoms with Crippen molar-refractivity contribution >= 4 is 29.1 Å². The molecule has 2 aliphatic heterocycles. The van der Waals surface area contributed by atoms with Gasteiger partial charge in [0.25, 0.3) is 11.8 Å². The highest BCUT2D eigenvalue weighted by Gasteiger charge is 2.40. The minimum atomic E-state index is -0.195. The van der Waals surface area contributed by atoms with Crippen LogP contribution in [0.2, 0.25) is 5.02 Å². The van der Waals surface area contributed by atoms with Crippen LogP contribution < -0.4 is 0 Å². The third kappa shape index (κ3) is 4.58. The van der Waals surface area contributed by atoms with Gasteiger partial charge in [0.15, 0.2) is 0 Å². The van der Waals surface area contributed by atoms with Crippen LogP contribution in [0.15, 0.2) is 54.7 Å². The second kappa shape index (κ2) is 10.2. The Labute approximate surface area is 243 Å². The lowest BCUT2D eigenvalue weighted by Gasteiger charge is -2.37. The monoisotopic (exact) mass is 567 g/mol. The first-order valence-corrected chi connectivity index (χ1v) is 14.0. The highest BCUT2D eigenvalue weighted by Crippen LogP contribution is 2.36. The van der Waals surface area contributed by atoms with Gasteiger partial charge in [0.2, 0.25) is 5.69 Å². The zero-order valence-corrected chi connectivity index (χ0v) is 24.1. The summed E-state index contributed by atoms with van der Waals surface area (Å²) in [5.74, 6) is -0.277. The smallest absolute Gasteiger partial charge is 0.273 e. The fraction of sp³-hybridized carbons (Fsp3) is 0.323. The van der Waals surface area contributed by atoms with Crippen molar-refractivity contribution < 1.29 is 9.59 Å². The number of fused-ring (bicyclic) bond motifs is 3. The first kappa shape index (κ1) is 26.8. The molecule has 0 aliphatic carbocycles. The number of halogens is 1. The maximum Gasteiger partial charge on any atom is 0.273 e. The SMILES string of the molecule is [C-]#[N+]c1cc(C(=O)N2Cc3c(nn4c3C(=O)N(C(C)c3ccc(-c5ccn(C)n5)cc3)C[C@H]4C)C[C@H]2C)ccc1Cl. The largest absolute Gasteiger partial charge is 0.331 e. The van der Waals surface area contributed by atoms with Gasteiger partial charge in [0.05, 0.1) is 36.6 Å². The van der Waals surface area contributed by atoms with Crippen LogP contribution in [-0.2, 0) is 20.0 Å². The van der Waals surface area contributed by atoms with Gasteiger partial charge in [-0.15, -0.1) is 0 Å². The summed E-state index contributed by atoms with van der Waals surface area (Å²) < 4.78 is 3.62. The molecule has 4 heterocycles. The molecule has 9 nitrogen and oxygen atoms in total. The number of hydrogen-bond donors (Lipinski definition) is 0. The van der Waals surface area contributed by atoms with Crippen LogP contribution in [0.1, 0.15) is 70.5 Å². The van der Waals surface area contributed by atoms with Crippen molar-refractivity contribution in [3.05, 3.63) is 99.2 Å². The van der Waals surface area contributed by atoms with E-state index < -0.39 is 0 Å². The summed E-state index contributed by atoms with van der Waals surface area (Å²) in [6.07, 6.45) is 2.47. The molecule has 2 aromatic heterocycles. The van der Waals surface area contributed by atoms with E-state index in [1.165, 1.54) is 6.07 Å². The lowest BCUT2D eigenvalue weighted by Crippen LogP contribution is -2.45. The second-order valence-electron chi connectivity index (χ2n) is 11.0. The lowest BCUT2D eigenvalue weighted by atomic mass is 9.96. The molecule has 0 fully saturated rings. The van der Waals surface area contributed by atoms with Crippen molar-refractivity contribution in [2.45, 2.75) is 51.9 Å². The quantitative estimate of drug-likeness (QED) is 0.290. The summed E-state index contributed by atoms with van der Waals surface area (Å²) in [5.41, 5.74) is 5.83. The maximum absolute atomic E-state index is 14.1. The van der Waals surface area contributed by atoms with Gasteiger partial charge in [-0.05, 0) is 38.5 Å². The number of benzene rings is 2. The number of rotatable bonds is 4. The molecule has 41 heavy (non-hydrogen) atoms. The molecule has 0 saturated carbocycles. The zero-order valence-electron chi connectivity index (χ0n) is 23.4. The Morgan fingerprint density at radius 1 is 1.10 bits per heavy atom. The zero-order chi connectivity index (χ0) is 29.0. The molecule has 2 aromatic carbocycles. The summed E-state index contributed by atoms with van der Waals surface area (Å²) >= 11 is 6.10. The van der Waals surface area contributed by atoms with Gasteiger partial charge in [-0.2, -0.15) is 10.2 Å². The van der Waals surface area contributed by atoms with E-state index in [0.29, 0.717) is 29.2 Å². The average Bonchev–Trinajstić information content (AvgIpc) is 3.58. The molecule has 2 aliphatic rings. The molecular weight excluding hydrogens is 538 g/mol. The average molecular weight is 568 g/mol. The predicted molar refractivity (Wildman–Crippen MR) is 156 cm³/mol. The van der Waals surface area contributed by atoms with Crippen molar-refractivity contribution in [3.8, 4) is 11.3 Å². The van der Waals surface area contributed by atoms with E-state index in [1.54, 1.807) is 21.7 Å². The van der Waals surface area contributed by atoms with Crippen molar-refractivity contribution in [3.63, 3.8) is 0 Å². The minimum Gasteiger partial charge on any atom is -0.331 e. The maximum atomic E-state index is 14.1. The molecule has 0 radical (unpaired) electrons. The number of amides is 2. The Morgan fingerprint density at radius 3 is 2.54 bits per heavy atom. The van der Waals surface area contributed by atoms with Crippen LogP contribution in [0.25, 0.3) is 16.1 Å². The van der Waals surface area contributed by atoms with Crippen molar-refractivity contribution in [2.75, 3.05) is 6.54 Å². The number of nitrogens with zero attached hydrogens (tertiary/aromatic N) is 7. The third-order valence-electron chi connectivity index (χ3n) is 8.23. The van der Waals surface area contributed by atoms with Gasteiger partial charge >= 0.3 is 0 Å². The van der Waals surface area contributed by atoms with Crippen LogP contribution in [0.4, 0.5) is 5.69 Å². The Morgan fingerprint density at radius 2 is 1.85 bits per heavy atom. The van der Waals surface area contributed by atoms with Crippen LogP contribution in [0, 0.1) is 6.57 Å².